The van der Waals surface area contributed by atoms with Gasteiger partial charge in [-0.25, -0.2) is 4.79 Å². The van der Waals surface area contributed by atoms with E-state index in [1.807, 2.05) is 49.4 Å². The predicted octanol–water partition coefficient (Wildman–Crippen LogP) is 2.69. The average Bonchev–Trinajstić information content (AvgIpc) is 3.20. The molecule has 32 heavy (non-hydrogen) atoms. The number of H-pyrrole nitrogens is 1. The fraction of sp³-hybridized carbons (Fsp3) is 0.280. The second-order valence-corrected chi connectivity index (χ2v) is 8.34. The molecule has 7 nitrogen and oxygen atoms in total. The minimum atomic E-state index is -0.316. The number of aromatic amines is 1. The topological polar surface area (TPSA) is 81.1 Å². The van der Waals surface area contributed by atoms with Gasteiger partial charge in [0.15, 0.2) is 0 Å². The molecule has 0 radical (unpaired) electrons. The first-order chi connectivity index (χ1) is 15.5. The highest BCUT2D eigenvalue weighted by Crippen LogP contribution is 2.35. The highest BCUT2D eigenvalue weighted by atomic mass is 16.5. The molecule has 0 saturated carbocycles. The average molecular weight is 431 g/mol. The van der Waals surface area contributed by atoms with E-state index in [0.29, 0.717) is 17.9 Å². The summed E-state index contributed by atoms with van der Waals surface area (Å²) in [5, 5.41) is 4.59. The van der Waals surface area contributed by atoms with Gasteiger partial charge in [-0.1, -0.05) is 30.3 Å². The molecule has 4 aromatic rings. The number of ether oxygens (including phenoxy) is 1. The van der Waals surface area contributed by atoms with Crippen LogP contribution >= 0.6 is 0 Å². The van der Waals surface area contributed by atoms with Crippen LogP contribution in [0.4, 0.5) is 0 Å². The van der Waals surface area contributed by atoms with E-state index in [9.17, 15) is 9.59 Å². The summed E-state index contributed by atoms with van der Waals surface area (Å²) in [6.07, 6.45) is 0.846. The molecular weight excluding hydrogens is 404 g/mol. The third-order valence-electron chi connectivity index (χ3n) is 6.46. The summed E-state index contributed by atoms with van der Waals surface area (Å²) in [5.74, 6) is 0.812. The van der Waals surface area contributed by atoms with Gasteiger partial charge in [0, 0.05) is 42.9 Å². The smallest absolute Gasteiger partial charge is 0.330 e. The lowest BCUT2D eigenvalue weighted by atomic mass is 9.94. The molecule has 1 atom stereocenters. The van der Waals surface area contributed by atoms with E-state index in [2.05, 4.69) is 16.4 Å². The van der Waals surface area contributed by atoms with Gasteiger partial charge in [0.2, 0.25) is 0 Å². The van der Waals surface area contributed by atoms with Gasteiger partial charge in [0.1, 0.15) is 12.4 Å². The fourth-order valence-electron chi connectivity index (χ4n) is 4.59. The standard InChI is InChI=1S/C25H26N4O3/c1-15-21(24(30)29(3)25(31)28(15)2)23-22-18(11-12-26-23)19-13-17(9-10-20(19)27-22)32-14-16-7-5-4-6-8-16/h4-10,13,23,26-27H,11-12,14H2,1-3H3. The van der Waals surface area contributed by atoms with Crippen LogP contribution < -0.4 is 21.3 Å². The molecule has 2 aromatic heterocycles. The minimum absolute atomic E-state index is 0.263. The van der Waals surface area contributed by atoms with E-state index in [1.165, 1.54) is 21.7 Å². The first-order valence-electron chi connectivity index (χ1n) is 10.8. The van der Waals surface area contributed by atoms with Crippen LogP contribution in [0.5, 0.6) is 5.75 Å². The van der Waals surface area contributed by atoms with Gasteiger partial charge in [-0.15, -0.1) is 0 Å². The van der Waals surface area contributed by atoms with Crippen molar-refractivity contribution in [1.29, 1.82) is 0 Å². The Hall–Kier alpha value is -3.58. The lowest BCUT2D eigenvalue weighted by Gasteiger charge is -2.26. The van der Waals surface area contributed by atoms with E-state index in [1.54, 1.807) is 7.05 Å². The van der Waals surface area contributed by atoms with Crippen LogP contribution in [-0.2, 0) is 27.1 Å². The number of fused-ring (bicyclic) bond motifs is 3. The zero-order valence-electron chi connectivity index (χ0n) is 18.4. The van der Waals surface area contributed by atoms with E-state index in [4.69, 9.17) is 4.74 Å². The quantitative estimate of drug-likeness (QED) is 0.522. The van der Waals surface area contributed by atoms with Crippen molar-refractivity contribution in [3.05, 3.63) is 97.4 Å². The van der Waals surface area contributed by atoms with Crippen molar-refractivity contribution in [1.82, 2.24) is 19.4 Å². The van der Waals surface area contributed by atoms with E-state index >= 15 is 0 Å². The van der Waals surface area contributed by atoms with Gasteiger partial charge in [0.05, 0.1) is 11.6 Å². The van der Waals surface area contributed by atoms with Crippen LogP contribution in [0.15, 0.2) is 58.1 Å². The highest BCUT2D eigenvalue weighted by molar-refractivity contribution is 5.86. The van der Waals surface area contributed by atoms with Crippen LogP contribution in [0.2, 0.25) is 0 Å². The molecule has 7 heteroatoms. The Balaban J connectivity index is 1.56. The molecule has 1 aliphatic rings. The summed E-state index contributed by atoms with van der Waals surface area (Å²) in [7, 11) is 3.23. The zero-order chi connectivity index (χ0) is 22.4. The number of benzene rings is 2. The summed E-state index contributed by atoms with van der Waals surface area (Å²) < 4.78 is 8.74. The van der Waals surface area contributed by atoms with Crippen molar-refractivity contribution >= 4 is 10.9 Å². The Morgan fingerprint density at radius 1 is 1.06 bits per heavy atom. The van der Waals surface area contributed by atoms with Crippen LogP contribution in [0, 0.1) is 6.92 Å². The number of hydrogen-bond donors (Lipinski definition) is 2. The van der Waals surface area contributed by atoms with E-state index in [-0.39, 0.29) is 17.3 Å². The Morgan fingerprint density at radius 3 is 2.62 bits per heavy atom. The van der Waals surface area contributed by atoms with Crippen LogP contribution in [-0.4, -0.2) is 20.7 Å². The molecule has 0 fully saturated rings. The Labute approximate surface area is 185 Å². The van der Waals surface area contributed by atoms with Gasteiger partial charge in [0.25, 0.3) is 5.56 Å². The maximum Gasteiger partial charge on any atom is 0.330 e. The second-order valence-electron chi connectivity index (χ2n) is 8.34. The number of hydrogen-bond acceptors (Lipinski definition) is 4. The molecule has 5 rings (SSSR count). The van der Waals surface area contributed by atoms with Crippen LogP contribution in [0.25, 0.3) is 10.9 Å². The Bertz CT molecular complexity index is 1430. The summed E-state index contributed by atoms with van der Waals surface area (Å²) in [6, 6.07) is 15.8. The second kappa shape index (κ2) is 7.84. The molecule has 164 valence electrons. The SMILES string of the molecule is Cc1c(C2NCCc3c2[nH]c2ccc(OCc4ccccc4)cc32)c(=O)n(C)c(=O)n1C. The molecule has 2 aromatic carbocycles. The third-order valence-corrected chi connectivity index (χ3v) is 6.46. The summed E-state index contributed by atoms with van der Waals surface area (Å²) in [4.78, 5) is 28.9. The predicted molar refractivity (Wildman–Crippen MR) is 124 cm³/mol. The first-order valence-corrected chi connectivity index (χ1v) is 10.8. The largest absolute Gasteiger partial charge is 0.489 e. The lowest BCUT2D eigenvalue weighted by Crippen LogP contribution is -2.44. The molecule has 0 aliphatic carbocycles. The van der Waals surface area contributed by atoms with E-state index < -0.39 is 0 Å². The summed E-state index contributed by atoms with van der Waals surface area (Å²) in [5.41, 5.74) is 4.99. The molecule has 0 saturated heterocycles. The van der Waals surface area contributed by atoms with Crippen molar-refractivity contribution in [3.8, 4) is 5.75 Å². The monoisotopic (exact) mass is 430 g/mol. The van der Waals surface area contributed by atoms with Crippen molar-refractivity contribution in [2.24, 2.45) is 14.1 Å². The van der Waals surface area contributed by atoms with Gasteiger partial charge < -0.3 is 19.6 Å². The minimum Gasteiger partial charge on any atom is -0.489 e. The number of rotatable bonds is 4. The summed E-state index contributed by atoms with van der Waals surface area (Å²) in [6.45, 7) is 3.08. The Kier molecular flexibility index (Phi) is 4.98. The van der Waals surface area contributed by atoms with Crippen molar-refractivity contribution in [3.63, 3.8) is 0 Å². The molecule has 1 aliphatic heterocycles. The molecule has 1 unspecified atom stereocenters. The maximum absolute atomic E-state index is 13.0. The molecule has 0 amide bonds. The third kappa shape index (κ3) is 3.26. The van der Waals surface area contributed by atoms with Gasteiger partial charge in [-0.3, -0.25) is 9.36 Å². The molecule has 2 N–H and O–H groups in total. The highest BCUT2D eigenvalue weighted by Gasteiger charge is 2.30. The number of nitrogens with zero attached hydrogens (tertiary/aromatic N) is 2. The molecule has 3 heterocycles. The van der Waals surface area contributed by atoms with Gasteiger partial charge in [-0.2, -0.15) is 0 Å². The summed E-state index contributed by atoms with van der Waals surface area (Å²) >= 11 is 0. The fourth-order valence-corrected chi connectivity index (χ4v) is 4.59. The van der Waals surface area contributed by atoms with Gasteiger partial charge >= 0.3 is 5.69 Å². The van der Waals surface area contributed by atoms with Crippen LogP contribution in [0.3, 0.4) is 0 Å². The first kappa shape index (κ1) is 20.3. The van der Waals surface area contributed by atoms with E-state index in [0.717, 1.165) is 40.9 Å². The van der Waals surface area contributed by atoms with Crippen LogP contribution in [0.1, 0.15) is 34.1 Å². The maximum atomic E-state index is 13.0. The van der Waals surface area contributed by atoms with Gasteiger partial charge in [-0.05, 0) is 42.7 Å². The van der Waals surface area contributed by atoms with Crippen molar-refractivity contribution < 1.29 is 4.74 Å². The normalized spacial score (nSPS) is 15.7. The van der Waals surface area contributed by atoms with Crippen molar-refractivity contribution in [2.75, 3.05) is 6.54 Å². The number of aromatic nitrogens is 3. The Morgan fingerprint density at radius 2 is 1.84 bits per heavy atom. The number of nitrogens with one attached hydrogen (secondary N) is 2. The van der Waals surface area contributed by atoms with Crippen molar-refractivity contribution in [2.45, 2.75) is 26.0 Å². The molecular formula is C25H26N4O3. The molecule has 0 spiro atoms. The zero-order valence-corrected chi connectivity index (χ0v) is 18.4. The lowest BCUT2D eigenvalue weighted by molar-refractivity contribution is 0.306. The molecule has 0 bridgehead atoms.